The standard InChI is InChI=1S/C14H15N3O2/c18-14(17-9-7-15-8-10-17)19-13-5-1-4-12-11(13)3-2-6-16-12/h1-6,15H,7-10H2. The lowest BCUT2D eigenvalue weighted by Gasteiger charge is -2.26. The predicted octanol–water partition coefficient (Wildman–Crippen LogP) is 1.64. The van der Waals surface area contributed by atoms with Gasteiger partial charge in [-0.25, -0.2) is 4.79 Å². The van der Waals surface area contributed by atoms with E-state index in [1.807, 2.05) is 24.3 Å². The van der Waals surface area contributed by atoms with Gasteiger partial charge in [0.15, 0.2) is 0 Å². The van der Waals surface area contributed by atoms with Gasteiger partial charge in [0.1, 0.15) is 5.75 Å². The van der Waals surface area contributed by atoms with Crippen molar-refractivity contribution in [1.29, 1.82) is 0 Å². The molecule has 1 fully saturated rings. The second kappa shape index (κ2) is 5.24. The average molecular weight is 257 g/mol. The quantitative estimate of drug-likeness (QED) is 0.843. The second-order valence-corrected chi connectivity index (χ2v) is 4.43. The summed E-state index contributed by atoms with van der Waals surface area (Å²) in [7, 11) is 0. The second-order valence-electron chi connectivity index (χ2n) is 4.43. The molecule has 1 aromatic heterocycles. The van der Waals surface area contributed by atoms with Crippen molar-refractivity contribution >= 4 is 17.0 Å². The Balaban J connectivity index is 1.82. The highest BCUT2D eigenvalue weighted by Gasteiger charge is 2.18. The SMILES string of the molecule is O=C(Oc1cccc2ncccc12)N1CCNCC1. The molecule has 98 valence electrons. The van der Waals surface area contributed by atoms with Gasteiger partial charge in [0.2, 0.25) is 0 Å². The number of rotatable bonds is 1. The Labute approximate surface area is 111 Å². The molecule has 0 radical (unpaired) electrons. The van der Waals surface area contributed by atoms with Crippen LogP contribution in [0.3, 0.4) is 0 Å². The molecule has 0 unspecified atom stereocenters. The van der Waals surface area contributed by atoms with Gasteiger partial charge in [-0.1, -0.05) is 6.07 Å². The van der Waals surface area contributed by atoms with Crippen LogP contribution in [-0.4, -0.2) is 42.2 Å². The normalized spacial score (nSPS) is 15.5. The summed E-state index contributed by atoms with van der Waals surface area (Å²) in [5, 5.41) is 4.06. The first-order valence-corrected chi connectivity index (χ1v) is 6.36. The average Bonchev–Trinajstić information content (AvgIpc) is 2.48. The predicted molar refractivity (Wildman–Crippen MR) is 72.2 cm³/mol. The zero-order chi connectivity index (χ0) is 13.1. The molecule has 1 amide bonds. The van der Waals surface area contributed by atoms with Gasteiger partial charge in [-0.2, -0.15) is 0 Å². The maximum Gasteiger partial charge on any atom is 0.415 e. The Kier molecular flexibility index (Phi) is 3.29. The van der Waals surface area contributed by atoms with Crippen LogP contribution in [0, 0.1) is 0 Å². The third-order valence-corrected chi connectivity index (χ3v) is 3.18. The third kappa shape index (κ3) is 2.51. The van der Waals surface area contributed by atoms with Gasteiger partial charge in [-0.15, -0.1) is 0 Å². The van der Waals surface area contributed by atoms with E-state index in [-0.39, 0.29) is 6.09 Å². The molecule has 0 spiro atoms. The summed E-state index contributed by atoms with van der Waals surface area (Å²) in [5.41, 5.74) is 0.827. The Hall–Kier alpha value is -2.14. The number of hydrogen-bond donors (Lipinski definition) is 1. The van der Waals surface area contributed by atoms with Gasteiger partial charge in [-0.3, -0.25) is 4.98 Å². The molecule has 1 N–H and O–H groups in total. The van der Waals surface area contributed by atoms with Crippen LogP contribution in [0.2, 0.25) is 0 Å². The zero-order valence-corrected chi connectivity index (χ0v) is 10.5. The van der Waals surface area contributed by atoms with Crippen LogP contribution in [0.5, 0.6) is 5.75 Å². The van der Waals surface area contributed by atoms with E-state index >= 15 is 0 Å². The number of nitrogens with one attached hydrogen (secondary N) is 1. The van der Waals surface area contributed by atoms with E-state index in [1.54, 1.807) is 17.2 Å². The highest BCUT2D eigenvalue weighted by molar-refractivity contribution is 5.87. The fourth-order valence-corrected chi connectivity index (χ4v) is 2.17. The summed E-state index contributed by atoms with van der Waals surface area (Å²) in [6, 6.07) is 9.28. The van der Waals surface area contributed by atoms with E-state index in [0.717, 1.165) is 24.0 Å². The maximum absolute atomic E-state index is 12.1. The number of benzene rings is 1. The van der Waals surface area contributed by atoms with E-state index in [9.17, 15) is 4.79 Å². The molecule has 19 heavy (non-hydrogen) atoms. The lowest BCUT2D eigenvalue weighted by atomic mass is 10.2. The van der Waals surface area contributed by atoms with E-state index in [0.29, 0.717) is 18.8 Å². The summed E-state index contributed by atoms with van der Waals surface area (Å²) in [5.74, 6) is 0.564. The van der Waals surface area contributed by atoms with Crippen molar-refractivity contribution in [3.8, 4) is 5.75 Å². The van der Waals surface area contributed by atoms with Crippen LogP contribution < -0.4 is 10.1 Å². The lowest BCUT2D eigenvalue weighted by Crippen LogP contribution is -2.47. The number of pyridine rings is 1. The van der Waals surface area contributed by atoms with E-state index < -0.39 is 0 Å². The number of fused-ring (bicyclic) bond motifs is 1. The molecular weight excluding hydrogens is 242 g/mol. The number of aromatic nitrogens is 1. The van der Waals surface area contributed by atoms with Gasteiger partial charge in [0, 0.05) is 37.8 Å². The monoisotopic (exact) mass is 257 g/mol. The van der Waals surface area contributed by atoms with Crippen molar-refractivity contribution in [1.82, 2.24) is 15.2 Å². The molecule has 5 nitrogen and oxygen atoms in total. The van der Waals surface area contributed by atoms with Crippen LogP contribution in [0.15, 0.2) is 36.5 Å². The largest absolute Gasteiger partial charge is 0.415 e. The molecular formula is C14H15N3O2. The molecule has 0 atom stereocenters. The summed E-state index contributed by atoms with van der Waals surface area (Å²) in [4.78, 5) is 18.0. The third-order valence-electron chi connectivity index (χ3n) is 3.18. The molecule has 1 saturated heterocycles. The number of amides is 1. The topological polar surface area (TPSA) is 54.5 Å². The number of ether oxygens (including phenoxy) is 1. The molecule has 1 aliphatic rings. The first kappa shape index (κ1) is 11.9. The highest BCUT2D eigenvalue weighted by Crippen LogP contribution is 2.24. The van der Waals surface area contributed by atoms with E-state index in [1.165, 1.54) is 0 Å². The summed E-state index contributed by atoms with van der Waals surface area (Å²) in [6.45, 7) is 2.99. The van der Waals surface area contributed by atoms with Crippen LogP contribution in [0.1, 0.15) is 0 Å². The number of piperazine rings is 1. The molecule has 1 aliphatic heterocycles. The van der Waals surface area contributed by atoms with Crippen LogP contribution in [-0.2, 0) is 0 Å². The number of nitrogens with zero attached hydrogens (tertiary/aromatic N) is 2. The Bertz CT molecular complexity index is 589. The van der Waals surface area contributed by atoms with Crippen molar-refractivity contribution in [2.24, 2.45) is 0 Å². The van der Waals surface area contributed by atoms with Crippen LogP contribution in [0.4, 0.5) is 4.79 Å². The van der Waals surface area contributed by atoms with Crippen molar-refractivity contribution in [2.45, 2.75) is 0 Å². The maximum atomic E-state index is 12.1. The molecule has 0 bridgehead atoms. The minimum absolute atomic E-state index is 0.294. The minimum atomic E-state index is -0.294. The fourth-order valence-electron chi connectivity index (χ4n) is 2.17. The van der Waals surface area contributed by atoms with Gasteiger partial charge < -0.3 is 15.0 Å². The van der Waals surface area contributed by atoms with Crippen molar-refractivity contribution in [2.75, 3.05) is 26.2 Å². The molecule has 3 rings (SSSR count). The highest BCUT2D eigenvalue weighted by atomic mass is 16.6. The van der Waals surface area contributed by atoms with Crippen molar-refractivity contribution in [3.05, 3.63) is 36.5 Å². The summed E-state index contributed by atoms with van der Waals surface area (Å²) < 4.78 is 5.49. The summed E-state index contributed by atoms with van der Waals surface area (Å²) in [6.07, 6.45) is 1.43. The lowest BCUT2D eigenvalue weighted by molar-refractivity contribution is 0.146. The van der Waals surface area contributed by atoms with Crippen molar-refractivity contribution < 1.29 is 9.53 Å². The number of carbonyl (C=O) groups excluding carboxylic acids is 1. The van der Waals surface area contributed by atoms with Crippen LogP contribution in [0.25, 0.3) is 10.9 Å². The molecule has 0 aliphatic carbocycles. The molecule has 2 aromatic rings. The zero-order valence-electron chi connectivity index (χ0n) is 10.5. The fraction of sp³-hybridized carbons (Fsp3) is 0.286. The van der Waals surface area contributed by atoms with E-state index in [4.69, 9.17) is 4.74 Å². The van der Waals surface area contributed by atoms with Crippen LogP contribution >= 0.6 is 0 Å². The van der Waals surface area contributed by atoms with Gasteiger partial charge >= 0.3 is 6.09 Å². The Morgan fingerprint density at radius 2 is 2.05 bits per heavy atom. The molecule has 5 heteroatoms. The first-order valence-electron chi connectivity index (χ1n) is 6.36. The molecule has 1 aromatic carbocycles. The van der Waals surface area contributed by atoms with Gasteiger partial charge in [0.25, 0.3) is 0 Å². The summed E-state index contributed by atoms with van der Waals surface area (Å²) >= 11 is 0. The molecule has 2 heterocycles. The number of carbonyl (C=O) groups is 1. The van der Waals surface area contributed by atoms with Gasteiger partial charge in [0.05, 0.1) is 5.52 Å². The first-order chi connectivity index (χ1) is 9.34. The smallest absolute Gasteiger partial charge is 0.409 e. The van der Waals surface area contributed by atoms with E-state index in [2.05, 4.69) is 10.3 Å². The van der Waals surface area contributed by atoms with Crippen molar-refractivity contribution in [3.63, 3.8) is 0 Å². The van der Waals surface area contributed by atoms with Gasteiger partial charge in [-0.05, 0) is 24.3 Å². The minimum Gasteiger partial charge on any atom is -0.409 e. The Morgan fingerprint density at radius 3 is 2.89 bits per heavy atom. The number of hydrogen-bond acceptors (Lipinski definition) is 4. The molecule has 0 saturated carbocycles. The Morgan fingerprint density at radius 1 is 1.21 bits per heavy atom.